The van der Waals surface area contributed by atoms with Crippen LogP contribution in [-0.2, 0) is 4.79 Å². The molecule has 0 spiro atoms. The number of rotatable bonds is 6. The Morgan fingerprint density at radius 2 is 1.90 bits per heavy atom. The first-order valence-corrected chi connectivity index (χ1v) is 7.35. The van der Waals surface area contributed by atoms with Crippen molar-refractivity contribution in [3.8, 4) is 0 Å². The van der Waals surface area contributed by atoms with Gasteiger partial charge in [0.05, 0.1) is 6.04 Å². The maximum atomic E-state index is 12.3. The summed E-state index contributed by atoms with van der Waals surface area (Å²) in [6.45, 7) is 0.101. The van der Waals surface area contributed by atoms with Gasteiger partial charge in [-0.2, -0.15) is 0 Å². The van der Waals surface area contributed by atoms with Crippen molar-refractivity contribution in [2.24, 2.45) is 0 Å². The Kier molecular flexibility index (Phi) is 5.15. The Balaban J connectivity index is 2.06. The van der Waals surface area contributed by atoms with Crippen molar-refractivity contribution < 1.29 is 15.0 Å². The highest BCUT2D eigenvalue weighted by molar-refractivity contribution is 5.85. The normalized spacial score (nSPS) is 18.7. The second kappa shape index (κ2) is 6.86. The van der Waals surface area contributed by atoms with Crippen molar-refractivity contribution in [1.29, 1.82) is 0 Å². The summed E-state index contributed by atoms with van der Waals surface area (Å²) in [6, 6.07) is 9.55. The summed E-state index contributed by atoms with van der Waals surface area (Å²) >= 11 is 0. The predicted octanol–water partition coefficient (Wildman–Crippen LogP) is 1.92. The molecule has 1 aromatic carbocycles. The number of amides is 1. The maximum absolute atomic E-state index is 12.3. The number of aliphatic hydroxyl groups excluding tert-OH is 1. The van der Waals surface area contributed by atoms with Crippen molar-refractivity contribution in [1.82, 2.24) is 5.32 Å². The average molecular weight is 277 g/mol. The summed E-state index contributed by atoms with van der Waals surface area (Å²) in [6.07, 6.45) is 4.18. The molecule has 0 bridgehead atoms. The van der Waals surface area contributed by atoms with Crippen LogP contribution in [0, 0.1) is 0 Å². The van der Waals surface area contributed by atoms with Crippen LogP contribution in [0.3, 0.4) is 0 Å². The molecular weight excluding hydrogens is 254 g/mol. The molecule has 4 heteroatoms. The number of hydrogen-bond acceptors (Lipinski definition) is 3. The summed E-state index contributed by atoms with van der Waals surface area (Å²) < 4.78 is 0. The molecule has 0 aliphatic heterocycles. The van der Waals surface area contributed by atoms with E-state index in [1.165, 1.54) is 0 Å². The van der Waals surface area contributed by atoms with Crippen molar-refractivity contribution in [3.05, 3.63) is 35.9 Å². The zero-order valence-electron chi connectivity index (χ0n) is 11.7. The Hall–Kier alpha value is -1.39. The summed E-state index contributed by atoms with van der Waals surface area (Å²) in [5, 5.41) is 22.3. The molecule has 2 rings (SSSR count). The maximum Gasteiger partial charge on any atom is 0.252 e. The zero-order chi connectivity index (χ0) is 14.4. The quantitative estimate of drug-likeness (QED) is 0.744. The molecule has 1 aliphatic carbocycles. The van der Waals surface area contributed by atoms with Gasteiger partial charge in [-0.25, -0.2) is 0 Å². The molecule has 1 saturated carbocycles. The van der Waals surface area contributed by atoms with Crippen LogP contribution in [0.15, 0.2) is 30.3 Å². The number of aliphatic hydroxyl groups is 2. The van der Waals surface area contributed by atoms with Crippen LogP contribution in [0.1, 0.15) is 50.1 Å². The third-order valence-corrected chi connectivity index (χ3v) is 4.01. The second-order valence-corrected chi connectivity index (χ2v) is 5.54. The van der Waals surface area contributed by atoms with E-state index in [1.807, 2.05) is 30.3 Å². The van der Waals surface area contributed by atoms with Crippen LogP contribution in [0.2, 0.25) is 0 Å². The summed E-state index contributed by atoms with van der Waals surface area (Å²) in [5.41, 5.74) is -0.192. The van der Waals surface area contributed by atoms with Crippen LogP contribution in [-0.4, -0.2) is 28.3 Å². The first-order chi connectivity index (χ1) is 9.65. The topological polar surface area (TPSA) is 69.6 Å². The number of carbonyl (C=O) groups excluding carboxylic acids is 1. The van der Waals surface area contributed by atoms with E-state index in [9.17, 15) is 9.90 Å². The lowest BCUT2D eigenvalue weighted by atomic mass is 9.97. The van der Waals surface area contributed by atoms with Gasteiger partial charge >= 0.3 is 0 Å². The van der Waals surface area contributed by atoms with E-state index in [4.69, 9.17) is 5.11 Å². The lowest BCUT2D eigenvalue weighted by Gasteiger charge is -2.26. The average Bonchev–Trinajstić information content (AvgIpc) is 2.92. The minimum absolute atomic E-state index is 0.101. The number of benzene rings is 1. The van der Waals surface area contributed by atoms with E-state index >= 15 is 0 Å². The Bertz CT molecular complexity index is 427. The first-order valence-electron chi connectivity index (χ1n) is 7.35. The van der Waals surface area contributed by atoms with Crippen LogP contribution in [0.4, 0.5) is 0 Å². The third kappa shape index (κ3) is 3.58. The molecule has 0 heterocycles. The fourth-order valence-electron chi connectivity index (χ4n) is 2.78. The van der Waals surface area contributed by atoms with E-state index in [2.05, 4.69) is 5.32 Å². The first kappa shape index (κ1) is 15.0. The minimum atomic E-state index is -1.20. The van der Waals surface area contributed by atoms with Gasteiger partial charge in [0.2, 0.25) is 0 Å². The highest BCUT2D eigenvalue weighted by Crippen LogP contribution is 2.30. The number of hydrogen-bond donors (Lipinski definition) is 3. The molecule has 0 unspecified atom stereocenters. The lowest BCUT2D eigenvalue weighted by molar-refractivity contribution is -0.140. The van der Waals surface area contributed by atoms with Crippen molar-refractivity contribution >= 4 is 5.91 Å². The molecule has 4 nitrogen and oxygen atoms in total. The Morgan fingerprint density at radius 3 is 2.50 bits per heavy atom. The van der Waals surface area contributed by atoms with E-state index in [1.54, 1.807) is 0 Å². The fraction of sp³-hybridized carbons (Fsp3) is 0.562. The molecule has 1 aromatic rings. The number of carbonyl (C=O) groups is 1. The van der Waals surface area contributed by atoms with Crippen LogP contribution in [0.25, 0.3) is 0 Å². The molecule has 1 aliphatic rings. The molecule has 1 atom stereocenters. The Labute approximate surface area is 119 Å². The van der Waals surface area contributed by atoms with E-state index in [-0.39, 0.29) is 18.6 Å². The van der Waals surface area contributed by atoms with Gasteiger partial charge in [-0.15, -0.1) is 0 Å². The third-order valence-electron chi connectivity index (χ3n) is 4.01. The highest BCUT2D eigenvalue weighted by atomic mass is 16.3. The summed E-state index contributed by atoms with van der Waals surface area (Å²) in [7, 11) is 0. The Morgan fingerprint density at radius 1 is 1.25 bits per heavy atom. The zero-order valence-corrected chi connectivity index (χ0v) is 11.7. The van der Waals surface area contributed by atoms with Crippen LogP contribution < -0.4 is 5.32 Å². The van der Waals surface area contributed by atoms with E-state index in [0.717, 1.165) is 18.4 Å². The van der Waals surface area contributed by atoms with Crippen LogP contribution in [0.5, 0.6) is 0 Å². The second-order valence-electron chi connectivity index (χ2n) is 5.54. The highest BCUT2D eigenvalue weighted by Gasteiger charge is 2.39. The minimum Gasteiger partial charge on any atom is -0.396 e. The van der Waals surface area contributed by atoms with Gasteiger partial charge in [0.25, 0.3) is 5.91 Å². The van der Waals surface area contributed by atoms with E-state index < -0.39 is 5.60 Å². The standard InChI is InChI=1S/C16H23NO3/c18-12-6-9-14(13-7-2-1-3-8-13)17-15(19)16(20)10-4-5-11-16/h1-3,7-8,14,18,20H,4-6,9-12H2,(H,17,19)/t14-/m1/s1. The van der Waals surface area contributed by atoms with Gasteiger partial charge in [-0.3, -0.25) is 4.79 Å². The SMILES string of the molecule is O=C(N[C@H](CCCO)c1ccccc1)C1(O)CCCC1. The molecule has 110 valence electrons. The van der Waals surface area contributed by atoms with Gasteiger partial charge in [0.1, 0.15) is 5.60 Å². The molecule has 1 amide bonds. The smallest absolute Gasteiger partial charge is 0.252 e. The molecule has 0 aromatic heterocycles. The van der Waals surface area contributed by atoms with Gasteiger partial charge in [0, 0.05) is 6.61 Å². The molecular formula is C16H23NO3. The van der Waals surface area contributed by atoms with Crippen molar-refractivity contribution in [2.45, 2.75) is 50.2 Å². The molecule has 0 radical (unpaired) electrons. The molecule has 0 saturated heterocycles. The molecule has 3 N–H and O–H groups in total. The lowest BCUT2D eigenvalue weighted by Crippen LogP contribution is -2.46. The van der Waals surface area contributed by atoms with Gasteiger partial charge in [-0.1, -0.05) is 30.3 Å². The summed E-state index contributed by atoms with van der Waals surface area (Å²) in [5.74, 6) is -0.276. The van der Waals surface area contributed by atoms with Crippen molar-refractivity contribution in [3.63, 3.8) is 0 Å². The largest absolute Gasteiger partial charge is 0.396 e. The van der Waals surface area contributed by atoms with Gasteiger partial charge in [0.15, 0.2) is 0 Å². The van der Waals surface area contributed by atoms with Gasteiger partial charge in [-0.05, 0) is 44.1 Å². The van der Waals surface area contributed by atoms with Crippen LogP contribution >= 0.6 is 0 Å². The fourth-order valence-corrected chi connectivity index (χ4v) is 2.78. The molecule has 1 fully saturated rings. The van der Waals surface area contributed by atoms with E-state index in [0.29, 0.717) is 25.7 Å². The molecule has 20 heavy (non-hydrogen) atoms. The van der Waals surface area contributed by atoms with Crippen molar-refractivity contribution in [2.75, 3.05) is 6.61 Å². The predicted molar refractivity (Wildman–Crippen MR) is 77.1 cm³/mol. The van der Waals surface area contributed by atoms with Gasteiger partial charge < -0.3 is 15.5 Å². The number of nitrogens with one attached hydrogen (secondary N) is 1. The monoisotopic (exact) mass is 277 g/mol. The summed E-state index contributed by atoms with van der Waals surface area (Å²) in [4.78, 5) is 12.3.